The Labute approximate surface area is 123 Å². The van der Waals surface area contributed by atoms with Crippen molar-refractivity contribution in [1.82, 2.24) is 5.32 Å². The number of nitro groups is 1. The van der Waals surface area contributed by atoms with Crippen LogP contribution in [0, 0.1) is 10.1 Å². The topological polar surface area (TPSA) is 93.5 Å². The maximum atomic E-state index is 12.2. The maximum absolute atomic E-state index is 12.2. The number of hydrogen-bond acceptors (Lipinski definition) is 5. The molecule has 0 saturated carbocycles. The number of benzene rings is 1. The van der Waals surface area contributed by atoms with Gasteiger partial charge < -0.3 is 15.4 Å². The Morgan fingerprint density at radius 1 is 1.43 bits per heavy atom. The van der Waals surface area contributed by atoms with E-state index in [1.54, 1.807) is 13.1 Å². The van der Waals surface area contributed by atoms with Crippen LogP contribution in [0.4, 0.5) is 11.4 Å². The van der Waals surface area contributed by atoms with Gasteiger partial charge in [-0.25, -0.2) is 0 Å². The number of nitrogens with one attached hydrogen (secondary N) is 2. The standard InChI is InChI=1S/C14H21N3O4/c1-5-21-14(2,3)9-16-13(18)11-8-10(15-4)6-7-12(11)17(19)20/h6-8,15H,5,9H2,1-4H3,(H,16,18). The Morgan fingerprint density at radius 3 is 2.62 bits per heavy atom. The normalized spacial score (nSPS) is 11.0. The molecule has 0 aliphatic heterocycles. The summed E-state index contributed by atoms with van der Waals surface area (Å²) in [7, 11) is 1.68. The van der Waals surface area contributed by atoms with Crippen LogP contribution >= 0.6 is 0 Å². The molecule has 0 atom stereocenters. The van der Waals surface area contributed by atoms with Crippen molar-refractivity contribution in [2.45, 2.75) is 26.4 Å². The molecule has 0 aromatic heterocycles. The molecule has 1 aromatic carbocycles. The second-order valence-corrected chi connectivity index (χ2v) is 5.11. The molecular weight excluding hydrogens is 274 g/mol. The zero-order chi connectivity index (χ0) is 16.0. The highest BCUT2D eigenvalue weighted by Crippen LogP contribution is 2.22. The van der Waals surface area contributed by atoms with Crippen molar-refractivity contribution in [1.29, 1.82) is 0 Å². The number of nitro benzene ring substituents is 1. The summed E-state index contributed by atoms with van der Waals surface area (Å²) in [6, 6.07) is 4.33. The van der Waals surface area contributed by atoms with Gasteiger partial charge in [0.25, 0.3) is 11.6 Å². The zero-order valence-corrected chi connectivity index (χ0v) is 12.7. The molecule has 0 radical (unpaired) electrons. The maximum Gasteiger partial charge on any atom is 0.282 e. The number of rotatable bonds is 7. The van der Waals surface area contributed by atoms with Crippen molar-refractivity contribution in [2.75, 3.05) is 25.5 Å². The van der Waals surface area contributed by atoms with Crippen LogP contribution in [-0.2, 0) is 4.74 Å². The third-order valence-electron chi connectivity index (χ3n) is 2.94. The van der Waals surface area contributed by atoms with Crippen LogP contribution in [0.15, 0.2) is 18.2 Å². The van der Waals surface area contributed by atoms with E-state index >= 15 is 0 Å². The Bertz CT molecular complexity index is 529. The van der Waals surface area contributed by atoms with Gasteiger partial charge in [-0.1, -0.05) is 0 Å². The largest absolute Gasteiger partial charge is 0.388 e. The van der Waals surface area contributed by atoms with Gasteiger partial charge in [0.05, 0.1) is 10.5 Å². The number of anilines is 1. The molecule has 2 N–H and O–H groups in total. The Hall–Kier alpha value is -2.15. The van der Waals surface area contributed by atoms with Crippen molar-refractivity contribution >= 4 is 17.3 Å². The van der Waals surface area contributed by atoms with E-state index in [2.05, 4.69) is 10.6 Å². The van der Waals surface area contributed by atoms with Crippen LogP contribution in [-0.4, -0.2) is 36.6 Å². The number of ether oxygens (including phenoxy) is 1. The highest BCUT2D eigenvalue weighted by atomic mass is 16.6. The first-order chi connectivity index (χ1) is 9.80. The lowest BCUT2D eigenvalue weighted by molar-refractivity contribution is -0.385. The van der Waals surface area contributed by atoms with E-state index in [0.29, 0.717) is 12.3 Å². The summed E-state index contributed by atoms with van der Waals surface area (Å²) in [6.07, 6.45) is 0. The molecule has 1 rings (SSSR count). The van der Waals surface area contributed by atoms with Gasteiger partial charge in [-0.15, -0.1) is 0 Å². The molecule has 0 spiro atoms. The molecule has 1 aromatic rings. The zero-order valence-electron chi connectivity index (χ0n) is 12.7. The van der Waals surface area contributed by atoms with Crippen molar-refractivity contribution in [3.05, 3.63) is 33.9 Å². The van der Waals surface area contributed by atoms with E-state index in [4.69, 9.17) is 4.74 Å². The van der Waals surface area contributed by atoms with Crippen molar-refractivity contribution in [3.63, 3.8) is 0 Å². The predicted molar refractivity (Wildman–Crippen MR) is 80.7 cm³/mol. The minimum Gasteiger partial charge on any atom is -0.388 e. The lowest BCUT2D eigenvalue weighted by atomic mass is 10.1. The average Bonchev–Trinajstić information content (AvgIpc) is 2.44. The van der Waals surface area contributed by atoms with E-state index in [-0.39, 0.29) is 17.8 Å². The summed E-state index contributed by atoms with van der Waals surface area (Å²) in [4.78, 5) is 22.6. The van der Waals surface area contributed by atoms with Gasteiger partial charge >= 0.3 is 0 Å². The number of hydrogen-bond donors (Lipinski definition) is 2. The summed E-state index contributed by atoms with van der Waals surface area (Å²) in [6.45, 7) is 6.34. The SMILES string of the molecule is CCOC(C)(C)CNC(=O)c1cc(NC)ccc1[N+](=O)[O-]. The lowest BCUT2D eigenvalue weighted by Gasteiger charge is -2.24. The van der Waals surface area contributed by atoms with Gasteiger partial charge in [-0.3, -0.25) is 14.9 Å². The van der Waals surface area contributed by atoms with Crippen LogP contribution in [0.5, 0.6) is 0 Å². The van der Waals surface area contributed by atoms with Crippen molar-refractivity contribution in [2.24, 2.45) is 0 Å². The van der Waals surface area contributed by atoms with Crippen molar-refractivity contribution < 1.29 is 14.5 Å². The number of carbonyl (C=O) groups is 1. The van der Waals surface area contributed by atoms with Gasteiger partial charge in [-0.2, -0.15) is 0 Å². The fraction of sp³-hybridized carbons (Fsp3) is 0.500. The van der Waals surface area contributed by atoms with Crippen LogP contribution in [0.3, 0.4) is 0 Å². The molecule has 0 aliphatic carbocycles. The van der Waals surface area contributed by atoms with Gasteiger partial charge in [0.2, 0.25) is 0 Å². The molecule has 116 valence electrons. The van der Waals surface area contributed by atoms with E-state index < -0.39 is 16.4 Å². The van der Waals surface area contributed by atoms with Gasteiger partial charge in [-0.05, 0) is 32.9 Å². The molecule has 0 unspecified atom stereocenters. The molecule has 0 fully saturated rings. The number of amides is 1. The van der Waals surface area contributed by atoms with Gasteiger partial charge in [0.1, 0.15) is 5.56 Å². The van der Waals surface area contributed by atoms with Gasteiger partial charge in [0.15, 0.2) is 0 Å². The molecule has 0 heterocycles. The van der Waals surface area contributed by atoms with E-state index in [0.717, 1.165) is 0 Å². The van der Waals surface area contributed by atoms with E-state index in [9.17, 15) is 14.9 Å². The quantitative estimate of drug-likeness (QED) is 0.594. The van der Waals surface area contributed by atoms with E-state index in [1.165, 1.54) is 12.1 Å². The van der Waals surface area contributed by atoms with Crippen molar-refractivity contribution in [3.8, 4) is 0 Å². The predicted octanol–water partition coefficient (Wildman–Crippen LogP) is 2.18. The minimum absolute atomic E-state index is 0.0270. The molecule has 1 amide bonds. The molecule has 0 saturated heterocycles. The minimum atomic E-state index is -0.567. The summed E-state index contributed by atoms with van der Waals surface area (Å²) in [5, 5.41) is 16.5. The first-order valence-electron chi connectivity index (χ1n) is 6.69. The monoisotopic (exact) mass is 295 g/mol. The summed E-state index contributed by atoms with van der Waals surface area (Å²) in [5.74, 6) is -0.494. The smallest absolute Gasteiger partial charge is 0.282 e. The second kappa shape index (κ2) is 7.03. The summed E-state index contributed by atoms with van der Waals surface area (Å²) in [5.41, 5.74) is -0.0884. The Morgan fingerprint density at radius 2 is 2.10 bits per heavy atom. The van der Waals surface area contributed by atoms with Crippen LogP contribution in [0.1, 0.15) is 31.1 Å². The fourth-order valence-corrected chi connectivity index (χ4v) is 1.86. The molecule has 7 heteroatoms. The third kappa shape index (κ3) is 4.71. The molecule has 0 aliphatic rings. The van der Waals surface area contributed by atoms with Crippen LogP contribution < -0.4 is 10.6 Å². The lowest BCUT2D eigenvalue weighted by Crippen LogP contribution is -2.40. The summed E-state index contributed by atoms with van der Waals surface area (Å²) < 4.78 is 5.48. The second-order valence-electron chi connectivity index (χ2n) is 5.11. The van der Waals surface area contributed by atoms with Gasteiger partial charge in [0, 0.05) is 32.0 Å². The highest BCUT2D eigenvalue weighted by molar-refractivity contribution is 5.99. The first kappa shape index (κ1) is 16.9. The van der Waals surface area contributed by atoms with Crippen LogP contribution in [0.2, 0.25) is 0 Å². The number of carbonyl (C=O) groups excluding carboxylic acids is 1. The third-order valence-corrected chi connectivity index (χ3v) is 2.94. The number of nitrogens with zero attached hydrogens (tertiary/aromatic N) is 1. The average molecular weight is 295 g/mol. The molecular formula is C14H21N3O4. The first-order valence-corrected chi connectivity index (χ1v) is 6.69. The fourth-order valence-electron chi connectivity index (χ4n) is 1.86. The highest BCUT2D eigenvalue weighted by Gasteiger charge is 2.23. The Balaban J connectivity index is 2.93. The van der Waals surface area contributed by atoms with E-state index in [1.807, 2.05) is 20.8 Å². The molecule has 21 heavy (non-hydrogen) atoms. The van der Waals surface area contributed by atoms with Crippen LogP contribution in [0.25, 0.3) is 0 Å². The molecule has 7 nitrogen and oxygen atoms in total. The summed E-state index contributed by atoms with van der Waals surface area (Å²) >= 11 is 0. The Kier molecular flexibility index (Phi) is 5.66. The molecule has 0 bridgehead atoms.